The van der Waals surface area contributed by atoms with Crippen LogP contribution in [0.4, 0.5) is 0 Å². The van der Waals surface area contributed by atoms with Gasteiger partial charge in [-0.3, -0.25) is 0 Å². The maximum atomic E-state index is 10.3. The lowest BCUT2D eigenvalue weighted by Crippen LogP contribution is -2.89. The maximum absolute atomic E-state index is 10.3. The van der Waals surface area contributed by atoms with Crippen LogP contribution in [0.1, 0.15) is 24.2 Å². The van der Waals surface area contributed by atoms with E-state index < -0.39 is 6.10 Å². The van der Waals surface area contributed by atoms with E-state index in [0.29, 0.717) is 0 Å². The summed E-state index contributed by atoms with van der Waals surface area (Å²) >= 11 is 6.12. The summed E-state index contributed by atoms with van der Waals surface area (Å²) < 4.78 is 0. The Morgan fingerprint density at radius 1 is 1.05 bits per heavy atom. The first-order valence-electron chi connectivity index (χ1n) is 6.48. The molecule has 0 unspecified atom stereocenters. The molecule has 19 heavy (non-hydrogen) atoms. The fourth-order valence-electron chi connectivity index (χ4n) is 2.06. The average molecular weight is 277 g/mol. The first-order valence-corrected chi connectivity index (χ1v) is 6.86. The molecule has 3 heteroatoms. The average Bonchev–Trinajstić information content (AvgIpc) is 2.46. The fraction of sp³-hybridized carbons (Fsp3) is 0.250. The van der Waals surface area contributed by atoms with E-state index in [9.17, 15) is 5.11 Å². The number of quaternary nitrogens is 1. The van der Waals surface area contributed by atoms with Crippen LogP contribution in [-0.4, -0.2) is 11.1 Å². The van der Waals surface area contributed by atoms with Crippen LogP contribution in [0.2, 0.25) is 5.02 Å². The summed E-state index contributed by atoms with van der Waals surface area (Å²) in [6, 6.07) is 17.6. The van der Waals surface area contributed by atoms with E-state index in [1.165, 1.54) is 0 Å². The predicted molar refractivity (Wildman–Crippen MR) is 77.9 cm³/mol. The van der Waals surface area contributed by atoms with E-state index >= 15 is 0 Å². The molecule has 2 rings (SSSR count). The molecule has 3 N–H and O–H groups in total. The number of aliphatic hydroxyl groups is 1. The summed E-state index contributed by atoms with van der Waals surface area (Å²) in [7, 11) is 0. The van der Waals surface area contributed by atoms with Crippen LogP contribution < -0.4 is 5.32 Å². The van der Waals surface area contributed by atoms with Gasteiger partial charge in [-0.2, -0.15) is 0 Å². The number of nitrogens with two attached hydrogens (primary N) is 1. The summed E-state index contributed by atoms with van der Waals surface area (Å²) in [4.78, 5) is 0. The van der Waals surface area contributed by atoms with Gasteiger partial charge in [0.25, 0.3) is 0 Å². The van der Waals surface area contributed by atoms with Gasteiger partial charge in [-0.15, -0.1) is 0 Å². The van der Waals surface area contributed by atoms with Crippen LogP contribution in [0.15, 0.2) is 54.6 Å². The van der Waals surface area contributed by atoms with E-state index in [4.69, 9.17) is 11.6 Å². The second-order valence-electron chi connectivity index (χ2n) is 4.75. The summed E-state index contributed by atoms with van der Waals surface area (Å²) in [5.74, 6) is 0. The van der Waals surface area contributed by atoms with Crippen molar-refractivity contribution in [2.24, 2.45) is 0 Å². The molecule has 100 valence electrons. The Bertz CT molecular complexity index is 515. The van der Waals surface area contributed by atoms with Crippen LogP contribution in [0, 0.1) is 0 Å². The van der Waals surface area contributed by atoms with Gasteiger partial charge in [0.1, 0.15) is 18.7 Å². The molecular weight excluding hydrogens is 258 g/mol. The zero-order valence-electron chi connectivity index (χ0n) is 11.0. The van der Waals surface area contributed by atoms with Crippen molar-refractivity contribution in [3.8, 4) is 0 Å². The normalized spacial score (nSPS) is 14.1. The van der Waals surface area contributed by atoms with E-state index in [1.807, 2.05) is 61.5 Å². The van der Waals surface area contributed by atoms with Gasteiger partial charge in [0.2, 0.25) is 0 Å². The van der Waals surface area contributed by atoms with E-state index in [2.05, 4.69) is 5.32 Å². The van der Waals surface area contributed by atoms with Gasteiger partial charge < -0.3 is 10.4 Å². The third-order valence-electron chi connectivity index (χ3n) is 3.31. The van der Waals surface area contributed by atoms with Crippen molar-refractivity contribution in [2.75, 3.05) is 0 Å². The van der Waals surface area contributed by atoms with Crippen molar-refractivity contribution in [2.45, 2.75) is 25.6 Å². The molecular formula is C16H19ClNO+. The molecule has 2 nitrogen and oxygen atoms in total. The molecule has 0 aliphatic carbocycles. The first kappa shape index (κ1) is 14.1. The number of aliphatic hydroxyl groups excluding tert-OH is 1. The second kappa shape index (κ2) is 6.71. The Labute approximate surface area is 119 Å². The van der Waals surface area contributed by atoms with Crippen LogP contribution in [0.25, 0.3) is 0 Å². The molecule has 0 amide bonds. The van der Waals surface area contributed by atoms with Crippen molar-refractivity contribution in [3.63, 3.8) is 0 Å². The molecule has 0 saturated carbocycles. The maximum Gasteiger partial charge on any atom is 0.130 e. The monoisotopic (exact) mass is 276 g/mol. The molecule has 0 aliphatic heterocycles. The fourth-order valence-corrected chi connectivity index (χ4v) is 2.27. The minimum Gasteiger partial charge on any atom is -0.382 e. The van der Waals surface area contributed by atoms with Crippen LogP contribution >= 0.6 is 11.6 Å². The number of benzene rings is 2. The van der Waals surface area contributed by atoms with Crippen LogP contribution in [0.5, 0.6) is 0 Å². The molecule has 0 fully saturated rings. The molecule has 2 aromatic carbocycles. The Balaban J connectivity index is 1.95. The Kier molecular flexibility index (Phi) is 4.97. The summed E-state index contributed by atoms with van der Waals surface area (Å²) in [6.45, 7) is 2.79. The first-order chi connectivity index (χ1) is 9.18. The standard InChI is InChI=1S/C16H18ClNO/c1-12(16(19)13-7-3-2-4-8-13)18-11-14-9-5-6-10-15(14)17/h2-10,12,16,18-19H,11H2,1H3/p+1/t12-,16+/m0/s1. The lowest BCUT2D eigenvalue weighted by Gasteiger charge is -2.18. The molecule has 0 aromatic heterocycles. The Morgan fingerprint density at radius 2 is 1.68 bits per heavy atom. The van der Waals surface area contributed by atoms with Crippen molar-refractivity contribution < 1.29 is 10.4 Å². The highest BCUT2D eigenvalue weighted by Gasteiger charge is 2.19. The number of halogens is 1. The largest absolute Gasteiger partial charge is 0.382 e. The van der Waals surface area contributed by atoms with Crippen molar-refractivity contribution in [1.82, 2.24) is 0 Å². The Morgan fingerprint density at radius 3 is 2.37 bits per heavy atom. The number of hydrogen-bond acceptors (Lipinski definition) is 1. The summed E-state index contributed by atoms with van der Waals surface area (Å²) in [5, 5.41) is 13.2. The van der Waals surface area contributed by atoms with Gasteiger partial charge >= 0.3 is 0 Å². The van der Waals surface area contributed by atoms with Crippen LogP contribution in [0.3, 0.4) is 0 Å². The summed E-state index contributed by atoms with van der Waals surface area (Å²) in [5.41, 5.74) is 2.04. The third kappa shape index (κ3) is 3.80. The molecule has 2 aromatic rings. The smallest absolute Gasteiger partial charge is 0.130 e. The lowest BCUT2D eigenvalue weighted by atomic mass is 10.0. The van der Waals surface area contributed by atoms with Gasteiger partial charge in [-0.25, -0.2) is 0 Å². The lowest BCUT2D eigenvalue weighted by molar-refractivity contribution is -0.709. The molecule has 0 saturated heterocycles. The molecule has 0 heterocycles. The van der Waals surface area contributed by atoms with E-state index in [0.717, 1.165) is 22.7 Å². The second-order valence-corrected chi connectivity index (χ2v) is 5.15. The third-order valence-corrected chi connectivity index (χ3v) is 3.68. The highest BCUT2D eigenvalue weighted by molar-refractivity contribution is 6.31. The zero-order valence-corrected chi connectivity index (χ0v) is 11.7. The van der Waals surface area contributed by atoms with Crippen molar-refractivity contribution in [3.05, 3.63) is 70.7 Å². The zero-order chi connectivity index (χ0) is 13.7. The van der Waals surface area contributed by atoms with Crippen LogP contribution in [-0.2, 0) is 6.54 Å². The van der Waals surface area contributed by atoms with E-state index in [-0.39, 0.29) is 6.04 Å². The van der Waals surface area contributed by atoms with Gasteiger partial charge in [0.05, 0.1) is 0 Å². The Hall–Kier alpha value is -1.35. The SMILES string of the molecule is C[C@H]([NH2+]Cc1ccccc1Cl)[C@@H](O)c1ccccc1. The van der Waals surface area contributed by atoms with Crippen molar-refractivity contribution in [1.29, 1.82) is 0 Å². The summed E-state index contributed by atoms with van der Waals surface area (Å²) in [6.07, 6.45) is -0.469. The minimum atomic E-state index is -0.469. The van der Waals surface area contributed by atoms with Gasteiger partial charge in [-0.05, 0) is 18.6 Å². The molecule has 0 bridgehead atoms. The molecule has 0 spiro atoms. The van der Waals surface area contributed by atoms with Crippen molar-refractivity contribution >= 4 is 11.6 Å². The molecule has 2 atom stereocenters. The van der Waals surface area contributed by atoms with E-state index in [1.54, 1.807) is 0 Å². The highest BCUT2D eigenvalue weighted by Crippen LogP contribution is 2.15. The van der Waals surface area contributed by atoms with Gasteiger partial charge in [0, 0.05) is 10.6 Å². The number of rotatable bonds is 5. The quantitative estimate of drug-likeness (QED) is 0.865. The minimum absolute atomic E-state index is 0.0821. The van der Waals surface area contributed by atoms with Gasteiger partial charge in [0.15, 0.2) is 0 Å². The molecule has 0 radical (unpaired) electrons. The van der Waals surface area contributed by atoms with Gasteiger partial charge in [-0.1, -0.05) is 60.1 Å². The predicted octanol–water partition coefficient (Wildman–Crippen LogP) is 2.53. The number of hydrogen-bond donors (Lipinski definition) is 2. The highest BCUT2D eigenvalue weighted by atomic mass is 35.5. The topological polar surface area (TPSA) is 36.8 Å². The molecule has 0 aliphatic rings.